The molecule has 0 bridgehead atoms. The van der Waals surface area contributed by atoms with Crippen molar-refractivity contribution in [1.29, 1.82) is 0 Å². The van der Waals surface area contributed by atoms with Crippen LogP contribution in [-0.4, -0.2) is 13.2 Å². The highest BCUT2D eigenvalue weighted by Gasteiger charge is 1.96. The number of allylic oxidation sites excluding steroid dienone is 5. The van der Waals surface area contributed by atoms with E-state index in [0.29, 0.717) is 0 Å². The summed E-state index contributed by atoms with van der Waals surface area (Å²) >= 11 is 0. The van der Waals surface area contributed by atoms with Gasteiger partial charge in [0, 0.05) is 12.7 Å². The number of hydrogen-bond donors (Lipinski definition) is 1. The number of nitrogens with one attached hydrogen (secondary N) is 1. The van der Waals surface area contributed by atoms with Crippen LogP contribution in [-0.2, 0) is 0 Å². The van der Waals surface area contributed by atoms with Crippen LogP contribution in [0.2, 0.25) is 0 Å². The zero-order valence-corrected chi connectivity index (χ0v) is 5.84. The summed E-state index contributed by atoms with van der Waals surface area (Å²) in [5, 5.41) is 2.92. The second-order valence-corrected chi connectivity index (χ2v) is 2.06. The molecule has 1 N–H and O–H groups in total. The summed E-state index contributed by atoms with van der Waals surface area (Å²) < 4.78 is 12.5. The Hall–Kier alpha value is -1.05. The Bertz CT molecular complexity index is 191. The van der Waals surface area contributed by atoms with Crippen molar-refractivity contribution in [3.05, 3.63) is 36.1 Å². The number of alkyl halides is 1. The van der Waals surface area contributed by atoms with Crippen LogP contribution in [0.4, 0.5) is 4.39 Å². The second-order valence-electron chi connectivity index (χ2n) is 2.06. The van der Waals surface area contributed by atoms with Crippen molar-refractivity contribution in [3.8, 4) is 0 Å². The van der Waals surface area contributed by atoms with E-state index in [-0.39, 0.29) is 0 Å². The Morgan fingerprint density at radius 3 is 3.00 bits per heavy atom. The lowest BCUT2D eigenvalue weighted by atomic mass is 10.3. The highest BCUT2D eigenvalue weighted by Crippen LogP contribution is 2.03. The molecular weight excluding hydrogens is 129 g/mol. The van der Waals surface area contributed by atoms with Gasteiger partial charge in [-0.3, -0.25) is 0 Å². The molecule has 1 atom stereocenters. The molecule has 10 heavy (non-hydrogen) atoms. The molecule has 1 unspecified atom stereocenters. The van der Waals surface area contributed by atoms with E-state index < -0.39 is 6.17 Å². The van der Waals surface area contributed by atoms with Crippen LogP contribution in [0, 0.1) is 0 Å². The predicted octanol–water partition coefficient (Wildman–Crippen LogP) is 1.55. The minimum Gasteiger partial charge on any atom is -0.388 e. The van der Waals surface area contributed by atoms with E-state index in [0.717, 1.165) is 5.70 Å². The highest BCUT2D eigenvalue weighted by atomic mass is 19.1. The van der Waals surface area contributed by atoms with Crippen LogP contribution in [0.15, 0.2) is 36.1 Å². The van der Waals surface area contributed by atoms with Crippen molar-refractivity contribution in [2.45, 2.75) is 6.17 Å². The van der Waals surface area contributed by atoms with Gasteiger partial charge >= 0.3 is 0 Å². The summed E-state index contributed by atoms with van der Waals surface area (Å²) in [5.74, 6) is 0. The Kier molecular flexibility index (Phi) is 2.26. The Labute approximate surface area is 59.9 Å². The van der Waals surface area contributed by atoms with E-state index in [1.807, 2.05) is 13.1 Å². The molecule has 0 aromatic carbocycles. The maximum absolute atomic E-state index is 12.5. The number of rotatable bonds is 1. The lowest BCUT2D eigenvalue weighted by Gasteiger charge is -1.95. The van der Waals surface area contributed by atoms with Gasteiger partial charge in [-0.1, -0.05) is 6.08 Å². The summed E-state index contributed by atoms with van der Waals surface area (Å²) in [5.41, 5.74) is 0.927. The van der Waals surface area contributed by atoms with E-state index in [2.05, 4.69) is 5.32 Å². The number of hydrogen-bond acceptors (Lipinski definition) is 1. The van der Waals surface area contributed by atoms with Gasteiger partial charge in [0.15, 0.2) is 0 Å². The van der Waals surface area contributed by atoms with Gasteiger partial charge in [-0.15, -0.1) is 0 Å². The fraction of sp³-hybridized carbons (Fsp3) is 0.250. The van der Waals surface area contributed by atoms with Crippen molar-refractivity contribution in [2.75, 3.05) is 7.05 Å². The van der Waals surface area contributed by atoms with Gasteiger partial charge in [-0.2, -0.15) is 0 Å². The van der Waals surface area contributed by atoms with Gasteiger partial charge in [-0.25, -0.2) is 4.39 Å². The first kappa shape index (κ1) is 7.06. The molecule has 0 radical (unpaired) electrons. The van der Waals surface area contributed by atoms with Crippen LogP contribution in [0.25, 0.3) is 0 Å². The van der Waals surface area contributed by atoms with E-state index in [1.165, 1.54) is 12.2 Å². The minimum absolute atomic E-state index is 0.927. The zero-order chi connectivity index (χ0) is 7.40. The topological polar surface area (TPSA) is 12.0 Å². The van der Waals surface area contributed by atoms with Crippen molar-refractivity contribution >= 4 is 0 Å². The van der Waals surface area contributed by atoms with Crippen LogP contribution < -0.4 is 5.32 Å². The average Bonchev–Trinajstić information content (AvgIpc) is 2.14. The lowest BCUT2D eigenvalue weighted by Crippen LogP contribution is -2.01. The smallest absolute Gasteiger partial charge is 0.137 e. The normalized spacial score (nSPS) is 23.8. The summed E-state index contributed by atoms with van der Waals surface area (Å²) in [6, 6.07) is 0. The molecule has 1 nitrogen and oxygen atoms in total. The molecule has 0 spiro atoms. The number of likely N-dealkylation sites (N-methyl/N-ethyl adjacent to an activating group) is 1. The molecule has 0 saturated carbocycles. The third kappa shape index (κ3) is 1.72. The number of halogens is 1. The van der Waals surface area contributed by atoms with E-state index in [1.54, 1.807) is 12.2 Å². The van der Waals surface area contributed by atoms with Gasteiger partial charge in [0.25, 0.3) is 0 Å². The van der Waals surface area contributed by atoms with Crippen LogP contribution in [0.3, 0.4) is 0 Å². The summed E-state index contributed by atoms with van der Waals surface area (Å²) in [6.45, 7) is 0. The predicted molar refractivity (Wildman–Crippen MR) is 40.3 cm³/mol. The van der Waals surface area contributed by atoms with Crippen LogP contribution >= 0.6 is 0 Å². The standard InChI is InChI=1S/C8H10FN/c1-10-8-4-2-3-7(9)5-6-8/h2-7,10H,1H3. The summed E-state index contributed by atoms with van der Waals surface area (Å²) in [6.07, 6.45) is 7.33. The van der Waals surface area contributed by atoms with Crippen molar-refractivity contribution in [2.24, 2.45) is 0 Å². The van der Waals surface area contributed by atoms with Crippen LogP contribution in [0.5, 0.6) is 0 Å². The minimum atomic E-state index is -0.943. The first-order valence-corrected chi connectivity index (χ1v) is 3.21. The molecule has 1 aliphatic rings. The Balaban J connectivity index is 2.71. The van der Waals surface area contributed by atoms with Gasteiger partial charge in [0.2, 0.25) is 0 Å². The third-order valence-corrected chi connectivity index (χ3v) is 1.32. The monoisotopic (exact) mass is 139 g/mol. The molecule has 0 heterocycles. The van der Waals surface area contributed by atoms with E-state index in [9.17, 15) is 4.39 Å². The van der Waals surface area contributed by atoms with Gasteiger partial charge in [-0.05, 0) is 24.3 Å². The maximum atomic E-state index is 12.5. The van der Waals surface area contributed by atoms with Gasteiger partial charge < -0.3 is 5.32 Å². The first-order chi connectivity index (χ1) is 4.83. The molecule has 2 heteroatoms. The van der Waals surface area contributed by atoms with Gasteiger partial charge in [0.05, 0.1) is 0 Å². The van der Waals surface area contributed by atoms with Crippen LogP contribution in [0.1, 0.15) is 0 Å². The molecular formula is C8H10FN. The van der Waals surface area contributed by atoms with Crippen molar-refractivity contribution in [3.63, 3.8) is 0 Å². The quantitative estimate of drug-likeness (QED) is 0.581. The fourth-order valence-corrected chi connectivity index (χ4v) is 0.747. The molecule has 0 saturated heterocycles. The SMILES string of the molecule is CNC1=CC=CC(F)C=C1. The fourth-order valence-electron chi connectivity index (χ4n) is 0.747. The summed E-state index contributed by atoms with van der Waals surface area (Å²) in [4.78, 5) is 0. The average molecular weight is 139 g/mol. The molecule has 54 valence electrons. The first-order valence-electron chi connectivity index (χ1n) is 3.21. The van der Waals surface area contributed by atoms with Crippen molar-refractivity contribution < 1.29 is 4.39 Å². The molecule has 0 amide bonds. The molecule has 0 aliphatic heterocycles. The van der Waals surface area contributed by atoms with E-state index >= 15 is 0 Å². The van der Waals surface area contributed by atoms with E-state index in [4.69, 9.17) is 0 Å². The van der Waals surface area contributed by atoms with Crippen molar-refractivity contribution in [1.82, 2.24) is 5.32 Å². The summed E-state index contributed by atoms with van der Waals surface area (Å²) in [7, 11) is 1.81. The third-order valence-electron chi connectivity index (χ3n) is 1.32. The largest absolute Gasteiger partial charge is 0.388 e. The second kappa shape index (κ2) is 3.20. The molecule has 0 aromatic heterocycles. The highest BCUT2D eigenvalue weighted by molar-refractivity contribution is 5.27. The lowest BCUT2D eigenvalue weighted by molar-refractivity contribution is 0.469. The molecule has 1 rings (SSSR count). The van der Waals surface area contributed by atoms with Gasteiger partial charge in [0.1, 0.15) is 6.17 Å². The molecule has 0 fully saturated rings. The Morgan fingerprint density at radius 1 is 1.50 bits per heavy atom. The maximum Gasteiger partial charge on any atom is 0.137 e. The Morgan fingerprint density at radius 2 is 2.30 bits per heavy atom. The molecule has 1 aliphatic carbocycles. The zero-order valence-electron chi connectivity index (χ0n) is 5.84. The molecule has 0 aromatic rings.